The van der Waals surface area contributed by atoms with Crippen LogP contribution < -0.4 is 9.47 Å². The van der Waals surface area contributed by atoms with Gasteiger partial charge in [0.1, 0.15) is 0 Å². The van der Waals surface area contributed by atoms with E-state index in [2.05, 4.69) is 18.5 Å². The summed E-state index contributed by atoms with van der Waals surface area (Å²) in [4.78, 5) is 19.5. The Morgan fingerprint density at radius 3 is 2.67 bits per heavy atom. The smallest absolute Gasteiger partial charge is 0.266 e. The number of amidine groups is 1. The van der Waals surface area contributed by atoms with Crippen molar-refractivity contribution in [1.82, 2.24) is 4.90 Å². The molecule has 1 fully saturated rings. The number of amides is 1. The molecule has 0 N–H and O–H groups in total. The first-order chi connectivity index (χ1) is 14.6. The number of carbonyl (C=O) groups excluding carboxylic acids is 1. The summed E-state index contributed by atoms with van der Waals surface area (Å²) in [6.07, 6.45) is 5.26. The van der Waals surface area contributed by atoms with Crippen LogP contribution >= 0.6 is 11.8 Å². The van der Waals surface area contributed by atoms with Crippen molar-refractivity contribution < 1.29 is 14.3 Å². The van der Waals surface area contributed by atoms with E-state index >= 15 is 0 Å². The molecule has 2 aromatic carbocycles. The maximum Gasteiger partial charge on any atom is 0.266 e. The van der Waals surface area contributed by atoms with Gasteiger partial charge in [-0.05, 0) is 60.5 Å². The average molecular weight is 423 g/mol. The molecule has 0 radical (unpaired) electrons. The van der Waals surface area contributed by atoms with Crippen molar-refractivity contribution in [3.63, 3.8) is 0 Å². The summed E-state index contributed by atoms with van der Waals surface area (Å²) in [7, 11) is 3.36. The number of likely N-dealkylation sites (N-methyl/N-ethyl adjacent to an activating group) is 1. The van der Waals surface area contributed by atoms with E-state index in [4.69, 9.17) is 9.47 Å². The SMILES string of the molecule is C=CCc1cc(/C=C2/SC(=Nc3ccccc3)N(C)C2=O)cc(OC)c1OCCC. The highest BCUT2D eigenvalue weighted by atomic mass is 32.2. The highest BCUT2D eigenvalue weighted by Crippen LogP contribution is 2.37. The zero-order valence-electron chi connectivity index (χ0n) is 17.6. The first-order valence-electron chi connectivity index (χ1n) is 9.83. The van der Waals surface area contributed by atoms with E-state index in [0.717, 1.165) is 29.0 Å². The summed E-state index contributed by atoms with van der Waals surface area (Å²) in [5.41, 5.74) is 2.66. The number of hydrogen-bond donors (Lipinski definition) is 0. The van der Waals surface area contributed by atoms with Crippen molar-refractivity contribution in [2.45, 2.75) is 19.8 Å². The minimum Gasteiger partial charge on any atom is -0.493 e. The van der Waals surface area contributed by atoms with Crippen LogP contribution in [-0.4, -0.2) is 36.7 Å². The largest absolute Gasteiger partial charge is 0.493 e. The summed E-state index contributed by atoms with van der Waals surface area (Å²) in [6.45, 7) is 6.52. The molecule has 3 rings (SSSR count). The topological polar surface area (TPSA) is 51.1 Å². The molecule has 6 heteroatoms. The number of rotatable bonds is 8. The van der Waals surface area contributed by atoms with Crippen molar-refractivity contribution in [3.05, 3.63) is 71.2 Å². The molecule has 0 bridgehead atoms. The Morgan fingerprint density at radius 1 is 1.23 bits per heavy atom. The van der Waals surface area contributed by atoms with Crippen molar-refractivity contribution >= 4 is 34.6 Å². The Bertz CT molecular complexity index is 983. The fourth-order valence-corrected chi connectivity index (χ4v) is 4.00. The normalized spacial score (nSPS) is 16.4. The van der Waals surface area contributed by atoms with Crippen LogP contribution in [0.4, 0.5) is 5.69 Å². The van der Waals surface area contributed by atoms with E-state index in [0.29, 0.717) is 28.9 Å². The number of aliphatic imine (C=N–C) groups is 1. The molecule has 0 aliphatic carbocycles. The average Bonchev–Trinajstić information content (AvgIpc) is 3.01. The highest BCUT2D eigenvalue weighted by molar-refractivity contribution is 8.18. The number of nitrogens with zero attached hydrogens (tertiary/aromatic N) is 2. The molecule has 0 saturated carbocycles. The minimum atomic E-state index is -0.0785. The third-order valence-electron chi connectivity index (χ3n) is 4.47. The quantitative estimate of drug-likeness (QED) is 0.419. The van der Waals surface area contributed by atoms with Gasteiger partial charge in [0, 0.05) is 12.6 Å². The summed E-state index contributed by atoms with van der Waals surface area (Å²) in [5, 5.41) is 0.652. The molecule has 30 heavy (non-hydrogen) atoms. The Kier molecular flexibility index (Phi) is 7.36. The van der Waals surface area contributed by atoms with Gasteiger partial charge in [0.05, 0.1) is 24.3 Å². The van der Waals surface area contributed by atoms with E-state index in [9.17, 15) is 4.79 Å². The molecular formula is C24H26N2O3S. The van der Waals surface area contributed by atoms with Gasteiger partial charge in [-0.25, -0.2) is 4.99 Å². The molecule has 1 saturated heterocycles. The van der Waals surface area contributed by atoms with Gasteiger partial charge in [0.2, 0.25) is 0 Å². The Labute approximate surface area is 182 Å². The van der Waals surface area contributed by atoms with Crippen molar-refractivity contribution in [2.75, 3.05) is 20.8 Å². The predicted molar refractivity (Wildman–Crippen MR) is 125 cm³/mol. The lowest BCUT2D eigenvalue weighted by molar-refractivity contribution is -0.121. The van der Waals surface area contributed by atoms with Gasteiger partial charge in [-0.15, -0.1) is 6.58 Å². The number of benzene rings is 2. The van der Waals surface area contributed by atoms with Crippen LogP contribution in [0.1, 0.15) is 24.5 Å². The molecule has 156 valence electrons. The second-order valence-corrected chi connectivity index (χ2v) is 7.77. The predicted octanol–water partition coefficient (Wildman–Crippen LogP) is 5.45. The van der Waals surface area contributed by atoms with Crippen LogP contribution in [-0.2, 0) is 11.2 Å². The van der Waals surface area contributed by atoms with Crippen molar-refractivity contribution in [3.8, 4) is 11.5 Å². The van der Waals surface area contributed by atoms with Crippen LogP contribution in [0, 0.1) is 0 Å². The Hall–Kier alpha value is -2.99. The maximum absolute atomic E-state index is 12.8. The number of methoxy groups -OCH3 is 1. The fraction of sp³-hybridized carbons (Fsp3) is 0.250. The first kappa shape index (κ1) is 21.7. The lowest BCUT2D eigenvalue weighted by atomic mass is 10.0. The number of allylic oxidation sites excluding steroid dienone is 1. The summed E-state index contributed by atoms with van der Waals surface area (Å²) >= 11 is 1.36. The second-order valence-electron chi connectivity index (χ2n) is 6.76. The molecule has 2 aromatic rings. The van der Waals surface area contributed by atoms with Gasteiger partial charge in [-0.3, -0.25) is 9.69 Å². The van der Waals surface area contributed by atoms with Crippen LogP contribution in [0.2, 0.25) is 0 Å². The third-order valence-corrected chi connectivity index (χ3v) is 5.53. The lowest BCUT2D eigenvalue weighted by Gasteiger charge is -2.15. The van der Waals surface area contributed by atoms with Gasteiger partial charge in [0.15, 0.2) is 16.7 Å². The first-order valence-corrected chi connectivity index (χ1v) is 10.6. The third kappa shape index (κ3) is 4.94. The van der Waals surface area contributed by atoms with Crippen LogP contribution in [0.15, 0.2) is 65.0 Å². The van der Waals surface area contributed by atoms with Gasteiger partial charge in [-0.2, -0.15) is 0 Å². The van der Waals surface area contributed by atoms with Crippen molar-refractivity contribution in [2.24, 2.45) is 4.99 Å². The van der Waals surface area contributed by atoms with E-state index in [1.165, 1.54) is 11.8 Å². The van der Waals surface area contributed by atoms with Crippen molar-refractivity contribution in [1.29, 1.82) is 0 Å². The fourth-order valence-electron chi connectivity index (χ4n) is 3.01. The Morgan fingerprint density at radius 2 is 2.00 bits per heavy atom. The number of carbonyl (C=O) groups is 1. The van der Waals surface area contributed by atoms with Gasteiger partial charge < -0.3 is 9.47 Å². The number of para-hydroxylation sites is 1. The molecule has 5 nitrogen and oxygen atoms in total. The summed E-state index contributed by atoms with van der Waals surface area (Å²) < 4.78 is 11.5. The molecule has 1 aliphatic rings. The second kappa shape index (κ2) is 10.2. The maximum atomic E-state index is 12.8. The molecule has 0 aromatic heterocycles. The zero-order valence-corrected chi connectivity index (χ0v) is 18.4. The summed E-state index contributed by atoms with van der Waals surface area (Å²) in [6, 6.07) is 13.5. The van der Waals surface area contributed by atoms with Crippen LogP contribution in [0.5, 0.6) is 11.5 Å². The van der Waals surface area contributed by atoms with E-state index in [-0.39, 0.29) is 5.91 Å². The van der Waals surface area contributed by atoms with Crippen LogP contribution in [0.25, 0.3) is 6.08 Å². The van der Waals surface area contributed by atoms with Gasteiger partial charge >= 0.3 is 0 Å². The monoisotopic (exact) mass is 422 g/mol. The molecule has 0 unspecified atom stereocenters. The van der Waals surface area contributed by atoms with Gasteiger partial charge in [0.25, 0.3) is 5.91 Å². The molecule has 0 spiro atoms. The molecular weight excluding hydrogens is 396 g/mol. The summed E-state index contributed by atoms with van der Waals surface area (Å²) in [5.74, 6) is 1.30. The van der Waals surface area contributed by atoms with E-state index in [1.54, 1.807) is 19.1 Å². The standard InChI is InChI=1S/C24H26N2O3S/c1-5-10-18-14-17(15-20(28-4)22(18)29-13-6-2)16-21-23(27)26(3)24(30-21)25-19-11-8-7-9-12-19/h5,7-9,11-12,14-16H,1,6,10,13H2,2-4H3/b21-16+,25-24?. The molecule has 1 amide bonds. The Balaban J connectivity index is 1.95. The highest BCUT2D eigenvalue weighted by Gasteiger charge is 2.30. The minimum absolute atomic E-state index is 0.0785. The van der Waals surface area contributed by atoms with E-state index in [1.807, 2.05) is 54.6 Å². The lowest BCUT2D eigenvalue weighted by Crippen LogP contribution is -2.23. The van der Waals surface area contributed by atoms with Gasteiger partial charge in [-0.1, -0.05) is 31.2 Å². The molecule has 1 aliphatic heterocycles. The number of hydrogen-bond acceptors (Lipinski definition) is 5. The molecule has 1 heterocycles. The van der Waals surface area contributed by atoms with E-state index < -0.39 is 0 Å². The number of thioether (sulfide) groups is 1. The number of ether oxygens (including phenoxy) is 2. The zero-order chi connectivity index (χ0) is 21.5. The molecule has 0 atom stereocenters. The van der Waals surface area contributed by atoms with Crippen LogP contribution in [0.3, 0.4) is 0 Å².